The van der Waals surface area contributed by atoms with Gasteiger partial charge in [0.15, 0.2) is 0 Å². The molecule has 4 heterocycles. The quantitative estimate of drug-likeness (QED) is 0.431. The Morgan fingerprint density at radius 2 is 1.87 bits per heavy atom. The van der Waals surface area contributed by atoms with Crippen molar-refractivity contribution in [2.75, 3.05) is 39.8 Å². The summed E-state index contributed by atoms with van der Waals surface area (Å²) in [4.78, 5) is 62.7. The standard InChI is InChI=1S/C28H31ClN6O4/c1-16-3-6-23(31-9-16)28(39)35-13-18-12-34(15-22(21(18)14-35)27(38)33-11-25(36)30-2)26(37)7-17-10-32-24-8-19(29)4-5-20(17)24/h3-6,8-10,18,21-22,32H,7,11-15H2,1-2H3,(H,30,36)(H,33,38). The fourth-order valence-electron chi connectivity index (χ4n) is 5.65. The first-order valence-corrected chi connectivity index (χ1v) is 13.3. The molecule has 2 aliphatic rings. The van der Waals surface area contributed by atoms with Gasteiger partial charge >= 0.3 is 0 Å². The van der Waals surface area contributed by atoms with Gasteiger partial charge in [-0.15, -0.1) is 0 Å². The van der Waals surface area contributed by atoms with Crippen molar-refractivity contribution in [1.29, 1.82) is 0 Å². The van der Waals surface area contributed by atoms with Gasteiger partial charge in [-0.05, 0) is 48.1 Å². The van der Waals surface area contributed by atoms with Crippen LogP contribution in [-0.2, 0) is 20.8 Å². The van der Waals surface area contributed by atoms with Crippen LogP contribution >= 0.6 is 11.6 Å². The van der Waals surface area contributed by atoms with Crippen LogP contribution in [0.5, 0.6) is 0 Å². The van der Waals surface area contributed by atoms with E-state index in [0.717, 1.165) is 22.0 Å². The first kappa shape index (κ1) is 26.7. The van der Waals surface area contributed by atoms with Crippen LogP contribution in [0.2, 0.25) is 5.02 Å². The zero-order chi connectivity index (χ0) is 27.7. The fraction of sp³-hybridized carbons (Fsp3) is 0.393. The number of halogens is 1. The van der Waals surface area contributed by atoms with Crippen molar-refractivity contribution in [3.63, 3.8) is 0 Å². The number of nitrogens with zero attached hydrogens (tertiary/aromatic N) is 3. The van der Waals surface area contributed by atoms with Crippen molar-refractivity contribution < 1.29 is 19.2 Å². The summed E-state index contributed by atoms with van der Waals surface area (Å²) in [6.07, 6.45) is 3.63. The van der Waals surface area contributed by atoms with Crippen LogP contribution in [0.1, 0.15) is 21.6 Å². The average molecular weight is 551 g/mol. The van der Waals surface area contributed by atoms with E-state index in [2.05, 4.69) is 20.6 Å². The molecular weight excluding hydrogens is 520 g/mol. The highest BCUT2D eigenvalue weighted by Gasteiger charge is 2.48. The highest BCUT2D eigenvalue weighted by atomic mass is 35.5. The number of nitrogens with one attached hydrogen (secondary N) is 3. The number of aromatic amines is 1. The average Bonchev–Trinajstić information content (AvgIpc) is 3.54. The number of likely N-dealkylation sites (N-methyl/N-ethyl adjacent to an activating group) is 1. The van der Waals surface area contributed by atoms with Crippen molar-refractivity contribution >= 4 is 46.1 Å². The maximum Gasteiger partial charge on any atom is 0.272 e. The molecule has 204 valence electrons. The van der Waals surface area contributed by atoms with Crippen molar-refractivity contribution in [2.45, 2.75) is 13.3 Å². The second kappa shape index (κ2) is 11.1. The van der Waals surface area contributed by atoms with Crippen LogP contribution in [0.4, 0.5) is 0 Å². The first-order chi connectivity index (χ1) is 18.7. The van der Waals surface area contributed by atoms with Crippen LogP contribution in [0.25, 0.3) is 10.9 Å². The normalized spacial score (nSPS) is 20.5. The maximum absolute atomic E-state index is 13.5. The van der Waals surface area contributed by atoms with E-state index < -0.39 is 5.92 Å². The Bertz CT molecular complexity index is 1420. The molecule has 10 nitrogen and oxygen atoms in total. The summed E-state index contributed by atoms with van der Waals surface area (Å²) < 4.78 is 0. The fourth-order valence-corrected chi connectivity index (χ4v) is 5.82. The van der Waals surface area contributed by atoms with Crippen molar-refractivity contribution in [2.24, 2.45) is 17.8 Å². The molecule has 0 spiro atoms. The van der Waals surface area contributed by atoms with Gasteiger partial charge in [0.05, 0.1) is 18.9 Å². The molecule has 4 amide bonds. The molecule has 39 heavy (non-hydrogen) atoms. The summed E-state index contributed by atoms with van der Waals surface area (Å²) in [5.41, 5.74) is 3.02. The number of carbonyl (C=O) groups excluding carboxylic acids is 4. The molecule has 0 radical (unpaired) electrons. The third-order valence-corrected chi connectivity index (χ3v) is 8.00. The van der Waals surface area contributed by atoms with Gasteiger partial charge in [-0.25, -0.2) is 0 Å². The second-order valence-electron chi connectivity index (χ2n) is 10.3. The van der Waals surface area contributed by atoms with Crippen LogP contribution in [0.3, 0.4) is 0 Å². The maximum atomic E-state index is 13.5. The minimum atomic E-state index is -0.553. The summed E-state index contributed by atoms with van der Waals surface area (Å²) in [5, 5.41) is 6.73. The number of carbonyl (C=O) groups is 4. The molecule has 0 aliphatic carbocycles. The summed E-state index contributed by atoms with van der Waals surface area (Å²) >= 11 is 6.10. The van der Waals surface area contributed by atoms with Crippen molar-refractivity contribution in [3.8, 4) is 0 Å². The summed E-state index contributed by atoms with van der Waals surface area (Å²) in [7, 11) is 1.50. The predicted octanol–water partition coefficient (Wildman–Crippen LogP) is 1.78. The zero-order valence-corrected chi connectivity index (χ0v) is 22.6. The second-order valence-corrected chi connectivity index (χ2v) is 10.8. The summed E-state index contributed by atoms with van der Waals surface area (Å²) in [6.45, 7) is 3.24. The van der Waals surface area contributed by atoms with Crippen LogP contribution in [0, 0.1) is 24.7 Å². The van der Waals surface area contributed by atoms with E-state index in [0.29, 0.717) is 30.4 Å². The molecular formula is C28H31ClN6O4. The smallest absolute Gasteiger partial charge is 0.272 e. The Morgan fingerprint density at radius 3 is 2.62 bits per heavy atom. The number of H-pyrrole nitrogens is 1. The zero-order valence-electron chi connectivity index (χ0n) is 21.9. The molecule has 3 N–H and O–H groups in total. The molecule has 2 aromatic heterocycles. The van der Waals surface area contributed by atoms with Gasteiger partial charge in [-0.1, -0.05) is 23.7 Å². The summed E-state index contributed by atoms with van der Waals surface area (Å²) in [6, 6.07) is 9.04. The van der Waals surface area contributed by atoms with E-state index in [1.807, 2.05) is 31.3 Å². The number of amides is 4. The van der Waals surface area contributed by atoms with Crippen molar-refractivity contribution in [3.05, 3.63) is 64.6 Å². The highest BCUT2D eigenvalue weighted by Crippen LogP contribution is 2.36. The van der Waals surface area contributed by atoms with E-state index in [4.69, 9.17) is 11.6 Å². The van der Waals surface area contributed by atoms with Gasteiger partial charge in [-0.3, -0.25) is 24.2 Å². The molecule has 3 atom stereocenters. The van der Waals surface area contributed by atoms with Gasteiger partial charge in [0.1, 0.15) is 5.69 Å². The van der Waals surface area contributed by atoms with Crippen LogP contribution in [-0.4, -0.2) is 83.2 Å². The highest BCUT2D eigenvalue weighted by molar-refractivity contribution is 6.31. The third-order valence-electron chi connectivity index (χ3n) is 7.76. The van der Waals surface area contributed by atoms with Gasteiger partial charge in [0, 0.05) is 61.5 Å². The Labute approximate surface area is 231 Å². The number of benzene rings is 1. The molecule has 2 saturated heterocycles. The van der Waals surface area contributed by atoms with E-state index in [9.17, 15) is 19.2 Å². The Morgan fingerprint density at radius 1 is 1.08 bits per heavy atom. The van der Waals surface area contributed by atoms with Gasteiger partial charge in [0.2, 0.25) is 17.7 Å². The number of fused-ring (bicyclic) bond motifs is 2. The summed E-state index contributed by atoms with van der Waals surface area (Å²) in [5.74, 6) is -1.66. The van der Waals surface area contributed by atoms with Gasteiger partial charge < -0.3 is 25.4 Å². The number of aromatic nitrogens is 2. The minimum absolute atomic E-state index is 0.0744. The number of hydrogen-bond acceptors (Lipinski definition) is 5. The lowest BCUT2D eigenvalue weighted by Crippen LogP contribution is -2.54. The number of hydrogen-bond donors (Lipinski definition) is 3. The van der Waals surface area contributed by atoms with E-state index in [-0.39, 0.29) is 55.0 Å². The van der Waals surface area contributed by atoms with E-state index in [1.165, 1.54) is 7.05 Å². The van der Waals surface area contributed by atoms with Gasteiger partial charge in [0.25, 0.3) is 5.91 Å². The molecule has 11 heteroatoms. The SMILES string of the molecule is CNC(=O)CNC(=O)C1CN(C(=O)Cc2c[nH]c3cc(Cl)ccc23)CC2CN(C(=O)c3ccc(C)cn3)CC21. The molecule has 2 fully saturated rings. The Balaban J connectivity index is 1.35. The number of likely N-dealkylation sites (tertiary alicyclic amines) is 2. The molecule has 2 aliphatic heterocycles. The Hall–Kier alpha value is -3.92. The van der Waals surface area contributed by atoms with Crippen LogP contribution in [0.15, 0.2) is 42.7 Å². The van der Waals surface area contributed by atoms with Crippen molar-refractivity contribution in [1.82, 2.24) is 30.4 Å². The number of pyridine rings is 1. The first-order valence-electron chi connectivity index (χ1n) is 13.0. The monoisotopic (exact) mass is 550 g/mol. The molecule has 0 saturated carbocycles. The largest absolute Gasteiger partial charge is 0.361 e. The molecule has 5 rings (SSSR count). The van der Waals surface area contributed by atoms with E-state index >= 15 is 0 Å². The van der Waals surface area contributed by atoms with Gasteiger partial charge in [-0.2, -0.15) is 0 Å². The van der Waals surface area contributed by atoms with Crippen LogP contribution < -0.4 is 10.6 Å². The Kier molecular flexibility index (Phi) is 7.56. The number of rotatable bonds is 6. The molecule has 1 aromatic carbocycles. The molecule has 0 bridgehead atoms. The van der Waals surface area contributed by atoms with E-state index in [1.54, 1.807) is 28.1 Å². The third kappa shape index (κ3) is 5.61. The lowest BCUT2D eigenvalue weighted by molar-refractivity contribution is -0.139. The lowest BCUT2D eigenvalue weighted by Gasteiger charge is -2.39. The number of piperidine rings is 1. The predicted molar refractivity (Wildman–Crippen MR) is 146 cm³/mol. The lowest BCUT2D eigenvalue weighted by atomic mass is 9.79. The minimum Gasteiger partial charge on any atom is -0.361 e. The molecule has 3 aromatic rings. The molecule has 3 unspecified atom stereocenters. The topological polar surface area (TPSA) is 128 Å². The number of aryl methyl sites for hydroxylation is 1.